The maximum absolute atomic E-state index is 14.1. The summed E-state index contributed by atoms with van der Waals surface area (Å²) >= 11 is 3.57. The van der Waals surface area contributed by atoms with Gasteiger partial charge in [-0.05, 0) is 84.1 Å². The summed E-state index contributed by atoms with van der Waals surface area (Å²) in [6, 6.07) is 18.0. The third kappa shape index (κ3) is 6.52. The Kier molecular flexibility index (Phi) is 9.74. The van der Waals surface area contributed by atoms with Gasteiger partial charge in [0.2, 0.25) is 11.8 Å². The van der Waals surface area contributed by atoms with Gasteiger partial charge in [-0.15, -0.1) is 0 Å². The summed E-state index contributed by atoms with van der Waals surface area (Å²) in [6.45, 7) is 7.63. The molecule has 1 aliphatic carbocycles. The van der Waals surface area contributed by atoms with Gasteiger partial charge >= 0.3 is 0 Å². The van der Waals surface area contributed by atoms with Gasteiger partial charge in [-0.2, -0.15) is 0 Å². The molecule has 9 heteroatoms. The lowest BCUT2D eigenvalue weighted by molar-refractivity contribution is -0.150. The van der Waals surface area contributed by atoms with Crippen LogP contribution in [0.2, 0.25) is 0 Å². The number of carbonyl (C=O) groups excluding carboxylic acids is 3. The van der Waals surface area contributed by atoms with Crippen molar-refractivity contribution in [3.63, 3.8) is 0 Å². The first kappa shape index (κ1) is 31.3. The molecule has 4 atom stereocenters. The first-order chi connectivity index (χ1) is 20.0. The predicted octanol–water partition coefficient (Wildman–Crippen LogP) is 6.18. The average Bonchev–Trinajstić information content (AvgIpc) is 2.93. The molecule has 222 valence electrons. The van der Waals surface area contributed by atoms with E-state index in [2.05, 4.69) is 26.6 Å². The Morgan fingerprint density at radius 2 is 1.57 bits per heavy atom. The van der Waals surface area contributed by atoms with E-state index < -0.39 is 41.0 Å². The van der Waals surface area contributed by atoms with Crippen molar-refractivity contribution in [1.82, 2.24) is 0 Å². The van der Waals surface area contributed by atoms with E-state index in [1.807, 2.05) is 45.0 Å². The fourth-order valence-electron chi connectivity index (χ4n) is 5.62. The minimum Gasteiger partial charge on any atom is -0.493 e. The molecule has 1 saturated carbocycles. The summed E-state index contributed by atoms with van der Waals surface area (Å²) < 4.78 is 12.1. The van der Waals surface area contributed by atoms with Crippen molar-refractivity contribution >= 4 is 44.9 Å². The number of nitrogens with one attached hydrogen (secondary N) is 2. The van der Waals surface area contributed by atoms with E-state index in [0.717, 1.165) is 17.5 Å². The van der Waals surface area contributed by atoms with Crippen LogP contribution in [0.3, 0.4) is 0 Å². The second-order valence-corrected chi connectivity index (χ2v) is 11.8. The number of methoxy groups -OCH3 is 1. The number of hydrogen-bond donors (Lipinski definition) is 3. The van der Waals surface area contributed by atoms with Crippen LogP contribution in [0.4, 0.5) is 11.4 Å². The van der Waals surface area contributed by atoms with Crippen molar-refractivity contribution in [1.29, 1.82) is 0 Å². The van der Waals surface area contributed by atoms with Gasteiger partial charge in [0.1, 0.15) is 11.7 Å². The summed E-state index contributed by atoms with van der Waals surface area (Å²) in [5, 5.41) is 17.5. The Morgan fingerprint density at radius 3 is 2.12 bits per heavy atom. The summed E-state index contributed by atoms with van der Waals surface area (Å²) in [7, 11) is 1.50. The molecule has 2 amide bonds. The lowest BCUT2D eigenvalue weighted by Crippen LogP contribution is -2.56. The maximum Gasteiger partial charge on any atom is 0.235 e. The molecular weight excluding hydrogens is 600 g/mol. The van der Waals surface area contributed by atoms with Crippen LogP contribution in [0, 0.1) is 25.7 Å². The Hall–Kier alpha value is -3.69. The number of aliphatic hydroxyl groups is 1. The Bertz CT molecular complexity index is 1490. The van der Waals surface area contributed by atoms with Crippen molar-refractivity contribution < 1.29 is 29.0 Å². The number of ketones is 1. The molecule has 0 aliphatic heterocycles. The fraction of sp³-hybridized carbons (Fsp3) is 0.364. The van der Waals surface area contributed by atoms with Crippen molar-refractivity contribution in [2.24, 2.45) is 11.8 Å². The third-order valence-corrected chi connectivity index (χ3v) is 8.31. The number of benzene rings is 3. The summed E-state index contributed by atoms with van der Waals surface area (Å²) in [5.41, 5.74) is 1.54. The van der Waals surface area contributed by atoms with Gasteiger partial charge in [-0.3, -0.25) is 14.4 Å². The van der Waals surface area contributed by atoms with E-state index in [1.54, 1.807) is 36.4 Å². The topological polar surface area (TPSA) is 114 Å². The van der Waals surface area contributed by atoms with Crippen LogP contribution < -0.4 is 20.1 Å². The highest BCUT2D eigenvalue weighted by Crippen LogP contribution is 2.49. The molecule has 0 heterocycles. The quantitative estimate of drug-likeness (QED) is 0.242. The monoisotopic (exact) mass is 636 g/mol. The van der Waals surface area contributed by atoms with Gasteiger partial charge in [0.25, 0.3) is 0 Å². The van der Waals surface area contributed by atoms with E-state index in [-0.39, 0.29) is 6.42 Å². The zero-order valence-corrected chi connectivity index (χ0v) is 26.1. The van der Waals surface area contributed by atoms with E-state index in [9.17, 15) is 19.5 Å². The van der Waals surface area contributed by atoms with Crippen molar-refractivity contribution in [3.05, 3.63) is 81.8 Å². The molecule has 1 fully saturated rings. The van der Waals surface area contributed by atoms with Gasteiger partial charge in [0.05, 0.1) is 29.7 Å². The van der Waals surface area contributed by atoms with Crippen LogP contribution in [-0.2, 0) is 14.4 Å². The van der Waals surface area contributed by atoms with Crippen LogP contribution in [0.5, 0.6) is 11.5 Å². The van der Waals surface area contributed by atoms with E-state index in [0.29, 0.717) is 39.5 Å². The number of anilines is 2. The molecular formula is C33H37BrN2O6. The standard InChI is InChI=1S/C33H37BrN2O6/c1-6-15-42-30-22(34)16-21(17-26(30)41-5)27-28(31(38)35-23-13-9-7-11-19(23)2)25(37)18-33(4,40)29(27)32(39)36-24-14-10-8-12-20(24)3/h7-14,16-17,27-29,40H,6,15,18H2,1-5H3,(H,35,38)(H,36,39). The molecule has 8 nitrogen and oxygen atoms in total. The Labute approximate surface area is 254 Å². The number of Topliss-reactive ketones (excluding diaryl/α,β-unsaturated/α-hetero) is 1. The molecule has 3 N–H and O–H groups in total. The Morgan fingerprint density at radius 1 is 1.00 bits per heavy atom. The Balaban J connectivity index is 1.86. The van der Waals surface area contributed by atoms with Gasteiger partial charge in [0.15, 0.2) is 11.5 Å². The first-order valence-corrected chi connectivity index (χ1v) is 14.8. The van der Waals surface area contributed by atoms with Gasteiger partial charge in [-0.1, -0.05) is 43.3 Å². The van der Waals surface area contributed by atoms with E-state index in [4.69, 9.17) is 9.47 Å². The molecule has 1 aliphatic rings. The SMILES string of the molecule is CCCOc1c(Br)cc(C2C(C(=O)Nc3ccccc3C)C(=O)CC(C)(O)C2C(=O)Nc2ccccc2C)cc1OC. The normalized spacial score (nSPS) is 21.9. The fourth-order valence-corrected chi connectivity index (χ4v) is 6.19. The van der Waals surface area contributed by atoms with E-state index >= 15 is 0 Å². The number of carbonyl (C=O) groups is 3. The van der Waals surface area contributed by atoms with Gasteiger partial charge in [0, 0.05) is 23.7 Å². The molecule has 3 aromatic rings. The van der Waals surface area contributed by atoms with Crippen molar-refractivity contribution in [2.45, 2.75) is 52.1 Å². The molecule has 0 saturated heterocycles. The highest BCUT2D eigenvalue weighted by atomic mass is 79.9. The van der Waals surface area contributed by atoms with Crippen LogP contribution >= 0.6 is 15.9 Å². The lowest BCUT2D eigenvalue weighted by Gasteiger charge is -2.44. The number of amides is 2. The molecule has 0 aromatic heterocycles. The molecule has 0 spiro atoms. The average molecular weight is 638 g/mol. The number of halogens is 1. The van der Waals surface area contributed by atoms with Crippen LogP contribution in [0.15, 0.2) is 65.1 Å². The summed E-state index contributed by atoms with van der Waals surface area (Å²) in [4.78, 5) is 41.7. The van der Waals surface area contributed by atoms with Crippen LogP contribution in [0.1, 0.15) is 49.3 Å². The molecule has 0 bridgehead atoms. The highest BCUT2D eigenvalue weighted by molar-refractivity contribution is 9.10. The second kappa shape index (κ2) is 13.1. The predicted molar refractivity (Wildman–Crippen MR) is 166 cm³/mol. The van der Waals surface area contributed by atoms with Crippen LogP contribution in [0.25, 0.3) is 0 Å². The van der Waals surface area contributed by atoms with Crippen molar-refractivity contribution in [2.75, 3.05) is 24.4 Å². The molecule has 42 heavy (non-hydrogen) atoms. The second-order valence-electron chi connectivity index (χ2n) is 11.0. The number of hydrogen-bond acceptors (Lipinski definition) is 6. The lowest BCUT2D eigenvalue weighted by atomic mass is 9.61. The smallest absolute Gasteiger partial charge is 0.235 e. The van der Waals surface area contributed by atoms with Gasteiger partial charge < -0.3 is 25.2 Å². The van der Waals surface area contributed by atoms with E-state index in [1.165, 1.54) is 14.0 Å². The van der Waals surface area contributed by atoms with Crippen LogP contribution in [-0.4, -0.2) is 42.0 Å². The number of ether oxygens (including phenoxy) is 2. The molecule has 3 aromatic carbocycles. The summed E-state index contributed by atoms with van der Waals surface area (Å²) in [5.74, 6) is -4.12. The minimum atomic E-state index is -1.74. The first-order valence-electron chi connectivity index (χ1n) is 14.0. The molecule has 4 unspecified atom stereocenters. The third-order valence-electron chi connectivity index (χ3n) is 7.73. The summed E-state index contributed by atoms with van der Waals surface area (Å²) in [6.07, 6.45) is 0.414. The number of rotatable bonds is 9. The molecule has 4 rings (SSSR count). The highest BCUT2D eigenvalue weighted by Gasteiger charge is 2.56. The minimum absolute atomic E-state index is 0.364. The maximum atomic E-state index is 14.1. The number of para-hydroxylation sites is 2. The zero-order chi connectivity index (χ0) is 30.6. The largest absolute Gasteiger partial charge is 0.493 e. The zero-order valence-electron chi connectivity index (χ0n) is 24.5. The van der Waals surface area contributed by atoms with Gasteiger partial charge in [-0.25, -0.2) is 0 Å². The van der Waals surface area contributed by atoms with Crippen molar-refractivity contribution in [3.8, 4) is 11.5 Å². The molecule has 0 radical (unpaired) electrons. The number of aryl methyl sites for hydroxylation is 2.